The van der Waals surface area contributed by atoms with Crippen LogP contribution in [0.3, 0.4) is 0 Å². The van der Waals surface area contributed by atoms with E-state index >= 15 is 0 Å². The third-order valence-electron chi connectivity index (χ3n) is 2.73. The average Bonchev–Trinajstić information content (AvgIpc) is 2.79. The smallest absolute Gasteiger partial charge is 0.170 e. The van der Waals surface area contributed by atoms with Crippen molar-refractivity contribution < 1.29 is 9.13 Å². The van der Waals surface area contributed by atoms with Crippen LogP contribution in [0.5, 0.6) is 5.75 Å². The van der Waals surface area contributed by atoms with Crippen molar-refractivity contribution in [2.75, 3.05) is 14.2 Å². The van der Waals surface area contributed by atoms with E-state index in [0.29, 0.717) is 5.56 Å². The number of hydrogen-bond acceptors (Lipinski definition) is 3. The molecule has 0 amide bonds. The second kappa shape index (κ2) is 5.82. The highest BCUT2D eigenvalue weighted by molar-refractivity contribution is 9.11. The lowest BCUT2D eigenvalue weighted by molar-refractivity contribution is 0.382. The molecule has 18 heavy (non-hydrogen) atoms. The van der Waals surface area contributed by atoms with Gasteiger partial charge in [-0.1, -0.05) is 12.1 Å². The summed E-state index contributed by atoms with van der Waals surface area (Å²) in [7, 11) is 3.28. The molecule has 1 aromatic heterocycles. The van der Waals surface area contributed by atoms with Crippen LogP contribution in [0.15, 0.2) is 33.4 Å². The molecule has 0 saturated carbocycles. The fourth-order valence-corrected chi connectivity index (χ4v) is 3.09. The largest absolute Gasteiger partial charge is 0.494 e. The third-order valence-corrected chi connectivity index (χ3v) is 4.26. The summed E-state index contributed by atoms with van der Waals surface area (Å²) in [5.41, 5.74) is 1.61. The highest BCUT2D eigenvalue weighted by Gasteiger charge is 2.19. The number of ether oxygens (including phenoxy) is 1. The maximum absolute atomic E-state index is 14.2. The van der Waals surface area contributed by atoms with E-state index in [1.165, 1.54) is 7.11 Å². The van der Waals surface area contributed by atoms with Crippen molar-refractivity contribution >= 4 is 27.3 Å². The number of methoxy groups -OCH3 is 1. The van der Waals surface area contributed by atoms with E-state index in [9.17, 15) is 4.39 Å². The number of thiophene rings is 1. The van der Waals surface area contributed by atoms with E-state index < -0.39 is 0 Å². The zero-order chi connectivity index (χ0) is 13.1. The lowest BCUT2D eigenvalue weighted by atomic mass is 10.0. The van der Waals surface area contributed by atoms with Gasteiger partial charge in [0, 0.05) is 5.56 Å². The standard InChI is InChI=1S/C13H13BrFNOS/c1-16-13(8-6-11(14)18-7-8)9-4-3-5-10(17-2)12(9)15/h3-7,13,16H,1-2H3. The molecule has 2 rings (SSSR count). The minimum absolute atomic E-state index is 0.178. The Morgan fingerprint density at radius 2 is 2.22 bits per heavy atom. The molecule has 2 nitrogen and oxygen atoms in total. The van der Waals surface area contributed by atoms with Crippen molar-refractivity contribution in [3.8, 4) is 5.75 Å². The molecule has 0 aliphatic carbocycles. The lowest BCUT2D eigenvalue weighted by Crippen LogP contribution is -2.18. The molecule has 96 valence electrons. The molecule has 1 atom stereocenters. The molecular formula is C13H13BrFNOS. The molecule has 1 N–H and O–H groups in total. The maximum atomic E-state index is 14.2. The molecule has 0 aliphatic heterocycles. The number of nitrogens with one attached hydrogen (secondary N) is 1. The summed E-state index contributed by atoms with van der Waals surface area (Å²) in [6, 6.07) is 7.00. The van der Waals surface area contributed by atoms with Crippen molar-refractivity contribution in [3.63, 3.8) is 0 Å². The van der Waals surface area contributed by atoms with Crippen LogP contribution in [0.4, 0.5) is 4.39 Å². The Balaban J connectivity index is 2.45. The fourth-order valence-electron chi connectivity index (χ4n) is 1.88. The van der Waals surface area contributed by atoms with Gasteiger partial charge in [0.15, 0.2) is 11.6 Å². The highest BCUT2D eigenvalue weighted by Crippen LogP contribution is 2.32. The SMILES string of the molecule is CNC(c1csc(Br)c1)c1cccc(OC)c1F. The fraction of sp³-hybridized carbons (Fsp3) is 0.231. The van der Waals surface area contributed by atoms with Gasteiger partial charge >= 0.3 is 0 Å². The van der Waals surface area contributed by atoms with Gasteiger partial charge in [-0.25, -0.2) is 4.39 Å². The van der Waals surface area contributed by atoms with Crippen LogP contribution < -0.4 is 10.1 Å². The predicted octanol–water partition coefficient (Wildman–Crippen LogP) is 3.97. The molecule has 0 radical (unpaired) electrons. The Labute approximate surface area is 118 Å². The second-order valence-corrected chi connectivity index (χ2v) is 6.06. The Morgan fingerprint density at radius 3 is 2.78 bits per heavy atom. The van der Waals surface area contributed by atoms with Gasteiger partial charge in [-0.2, -0.15) is 0 Å². The van der Waals surface area contributed by atoms with Gasteiger partial charge < -0.3 is 10.1 Å². The summed E-state index contributed by atoms with van der Waals surface area (Å²) in [6.45, 7) is 0. The van der Waals surface area contributed by atoms with E-state index in [1.54, 1.807) is 29.5 Å². The molecule has 0 spiro atoms. The highest BCUT2D eigenvalue weighted by atomic mass is 79.9. The number of benzene rings is 1. The summed E-state index contributed by atoms with van der Waals surface area (Å²) < 4.78 is 20.3. The molecule has 1 heterocycles. The van der Waals surface area contributed by atoms with Crippen LogP contribution in [0, 0.1) is 5.82 Å². The van der Waals surface area contributed by atoms with Crippen molar-refractivity contribution in [1.29, 1.82) is 0 Å². The van der Waals surface area contributed by atoms with E-state index in [1.807, 2.05) is 18.5 Å². The Bertz CT molecular complexity index is 544. The minimum atomic E-state index is -0.318. The van der Waals surface area contributed by atoms with Gasteiger partial charge in [0.2, 0.25) is 0 Å². The first-order chi connectivity index (χ1) is 8.67. The maximum Gasteiger partial charge on any atom is 0.170 e. The van der Waals surface area contributed by atoms with E-state index in [4.69, 9.17) is 4.74 Å². The average molecular weight is 330 g/mol. The number of rotatable bonds is 4. The van der Waals surface area contributed by atoms with Crippen LogP contribution in [-0.4, -0.2) is 14.2 Å². The Kier molecular flexibility index (Phi) is 4.37. The van der Waals surface area contributed by atoms with Crippen molar-refractivity contribution in [1.82, 2.24) is 5.32 Å². The Hall–Kier alpha value is -0.910. The van der Waals surface area contributed by atoms with Crippen molar-refractivity contribution in [3.05, 3.63) is 50.4 Å². The normalized spacial score (nSPS) is 12.4. The van der Waals surface area contributed by atoms with E-state index in [2.05, 4.69) is 21.2 Å². The summed E-state index contributed by atoms with van der Waals surface area (Å²) >= 11 is 5.00. The molecular weight excluding hydrogens is 317 g/mol. The first kappa shape index (κ1) is 13.5. The van der Waals surface area contributed by atoms with Crippen molar-refractivity contribution in [2.24, 2.45) is 0 Å². The molecule has 0 saturated heterocycles. The topological polar surface area (TPSA) is 21.3 Å². The molecule has 2 aromatic rings. The van der Waals surface area contributed by atoms with Crippen LogP contribution >= 0.6 is 27.3 Å². The molecule has 0 fully saturated rings. The van der Waals surface area contributed by atoms with Gasteiger partial charge in [-0.05, 0) is 46.1 Å². The molecule has 1 unspecified atom stereocenters. The second-order valence-electron chi connectivity index (χ2n) is 3.77. The van der Waals surface area contributed by atoms with Gasteiger partial charge in [-0.3, -0.25) is 0 Å². The van der Waals surface area contributed by atoms with Gasteiger partial charge in [-0.15, -0.1) is 11.3 Å². The van der Waals surface area contributed by atoms with Crippen LogP contribution in [0.1, 0.15) is 17.2 Å². The summed E-state index contributed by atoms with van der Waals surface area (Å²) in [5, 5.41) is 5.13. The zero-order valence-electron chi connectivity index (χ0n) is 10.0. The monoisotopic (exact) mass is 329 g/mol. The molecule has 0 bridgehead atoms. The number of halogens is 2. The lowest BCUT2D eigenvalue weighted by Gasteiger charge is -2.17. The van der Waals surface area contributed by atoms with E-state index in [-0.39, 0.29) is 17.6 Å². The number of hydrogen-bond donors (Lipinski definition) is 1. The molecule has 0 aliphatic rings. The zero-order valence-corrected chi connectivity index (χ0v) is 12.4. The molecule has 1 aromatic carbocycles. The van der Waals surface area contributed by atoms with Gasteiger partial charge in [0.25, 0.3) is 0 Å². The summed E-state index contributed by atoms with van der Waals surface area (Å²) in [4.78, 5) is 0. The van der Waals surface area contributed by atoms with Crippen LogP contribution in [0.2, 0.25) is 0 Å². The van der Waals surface area contributed by atoms with Crippen molar-refractivity contribution in [2.45, 2.75) is 6.04 Å². The molecule has 5 heteroatoms. The Morgan fingerprint density at radius 1 is 1.44 bits per heavy atom. The van der Waals surface area contributed by atoms with Crippen LogP contribution in [0.25, 0.3) is 0 Å². The predicted molar refractivity (Wildman–Crippen MR) is 75.9 cm³/mol. The van der Waals surface area contributed by atoms with Crippen LogP contribution in [-0.2, 0) is 0 Å². The van der Waals surface area contributed by atoms with Gasteiger partial charge in [0.1, 0.15) is 0 Å². The first-order valence-corrected chi connectivity index (χ1v) is 7.08. The van der Waals surface area contributed by atoms with Gasteiger partial charge in [0.05, 0.1) is 16.9 Å². The van der Waals surface area contributed by atoms with E-state index in [0.717, 1.165) is 9.35 Å². The first-order valence-electron chi connectivity index (χ1n) is 5.41. The minimum Gasteiger partial charge on any atom is -0.494 e. The summed E-state index contributed by atoms with van der Waals surface area (Å²) in [6.07, 6.45) is 0. The quantitative estimate of drug-likeness (QED) is 0.916. The third kappa shape index (κ3) is 2.58. The summed E-state index contributed by atoms with van der Waals surface area (Å²) in [5.74, 6) is -0.0521.